The lowest BCUT2D eigenvalue weighted by Gasteiger charge is -2.10. The molecule has 1 aromatic heterocycles. The van der Waals surface area contributed by atoms with Gasteiger partial charge in [0.1, 0.15) is 5.75 Å². The molecule has 0 aliphatic carbocycles. The highest BCUT2D eigenvalue weighted by Crippen LogP contribution is 2.30. The molecule has 1 heterocycles. The van der Waals surface area contributed by atoms with Gasteiger partial charge in [-0.15, -0.1) is 10.2 Å². The number of halogens is 1. The lowest BCUT2D eigenvalue weighted by molar-refractivity contribution is 0.411. The summed E-state index contributed by atoms with van der Waals surface area (Å²) >= 11 is 7.77. The van der Waals surface area contributed by atoms with Crippen molar-refractivity contribution in [2.75, 3.05) is 7.11 Å². The summed E-state index contributed by atoms with van der Waals surface area (Å²) in [5.74, 6) is 2.51. The van der Waals surface area contributed by atoms with Crippen molar-refractivity contribution in [2.45, 2.75) is 31.3 Å². The minimum atomic E-state index is 0.696. The molecule has 130 valence electrons. The molecule has 0 fully saturated rings. The van der Waals surface area contributed by atoms with Gasteiger partial charge in [0, 0.05) is 28.4 Å². The second-order valence-corrected chi connectivity index (χ2v) is 7.04. The normalized spacial score (nSPS) is 10.9. The molecule has 0 aliphatic rings. The molecule has 4 nitrogen and oxygen atoms in total. The number of nitrogens with zero attached hydrogens (tertiary/aromatic N) is 3. The highest BCUT2D eigenvalue weighted by Gasteiger charge is 2.14. The monoisotopic (exact) mass is 373 g/mol. The average molecular weight is 374 g/mol. The van der Waals surface area contributed by atoms with Crippen LogP contribution < -0.4 is 4.74 Å². The first-order valence-electron chi connectivity index (χ1n) is 8.07. The van der Waals surface area contributed by atoms with Gasteiger partial charge in [-0.05, 0) is 32.0 Å². The van der Waals surface area contributed by atoms with Crippen LogP contribution in [0.15, 0.2) is 47.6 Å². The molecular weight excluding hydrogens is 354 g/mol. The van der Waals surface area contributed by atoms with Gasteiger partial charge in [0.2, 0.25) is 0 Å². The fourth-order valence-corrected chi connectivity index (χ4v) is 3.85. The topological polar surface area (TPSA) is 39.9 Å². The van der Waals surface area contributed by atoms with Crippen LogP contribution in [0.1, 0.15) is 18.1 Å². The Labute approximate surface area is 157 Å². The quantitative estimate of drug-likeness (QED) is 0.555. The molecule has 0 radical (unpaired) electrons. The Morgan fingerprint density at radius 1 is 1.16 bits per heavy atom. The number of aromatic nitrogens is 3. The molecule has 25 heavy (non-hydrogen) atoms. The number of methoxy groups -OCH3 is 1. The van der Waals surface area contributed by atoms with Crippen LogP contribution in [0.4, 0.5) is 0 Å². The van der Waals surface area contributed by atoms with E-state index in [9.17, 15) is 0 Å². The molecular formula is C19H20ClN3OS. The fourth-order valence-electron chi connectivity index (χ4n) is 2.68. The zero-order chi connectivity index (χ0) is 17.8. The molecule has 0 bridgehead atoms. The van der Waals surface area contributed by atoms with Crippen LogP contribution in [0.25, 0.3) is 11.4 Å². The molecule has 0 unspecified atom stereocenters. The fraction of sp³-hybridized carbons (Fsp3) is 0.263. The van der Waals surface area contributed by atoms with E-state index in [1.54, 1.807) is 18.9 Å². The average Bonchev–Trinajstić information content (AvgIpc) is 3.03. The molecule has 0 saturated heterocycles. The Balaban J connectivity index is 1.86. The third-order valence-electron chi connectivity index (χ3n) is 3.91. The first-order chi connectivity index (χ1) is 12.1. The summed E-state index contributed by atoms with van der Waals surface area (Å²) in [5.41, 5.74) is 3.34. The summed E-state index contributed by atoms with van der Waals surface area (Å²) in [4.78, 5) is 0. The Kier molecular flexibility index (Phi) is 5.66. The zero-order valence-electron chi connectivity index (χ0n) is 14.5. The van der Waals surface area contributed by atoms with E-state index in [1.165, 1.54) is 5.56 Å². The predicted octanol–water partition coefficient (Wildman–Crippen LogP) is 5.23. The summed E-state index contributed by atoms with van der Waals surface area (Å²) in [6.07, 6.45) is 0. The van der Waals surface area contributed by atoms with Gasteiger partial charge in [0.05, 0.1) is 7.11 Å². The largest absolute Gasteiger partial charge is 0.496 e. The highest BCUT2D eigenvalue weighted by atomic mass is 35.5. The number of thioether (sulfide) groups is 1. The lowest BCUT2D eigenvalue weighted by Crippen LogP contribution is -2.00. The third kappa shape index (κ3) is 3.99. The van der Waals surface area contributed by atoms with Crippen LogP contribution in [-0.4, -0.2) is 21.9 Å². The standard InChI is InChI=1S/C19H20ClN3OS/c1-4-23-18(14-6-5-7-16(20)11-14)21-22-19(23)25-12-15-10-13(2)8-9-17(15)24-3/h5-11H,4,12H2,1-3H3. The smallest absolute Gasteiger partial charge is 0.191 e. The number of benzene rings is 2. The molecule has 0 aliphatic heterocycles. The van der Waals surface area contributed by atoms with Gasteiger partial charge in [-0.3, -0.25) is 0 Å². The van der Waals surface area contributed by atoms with E-state index in [0.717, 1.165) is 40.2 Å². The van der Waals surface area contributed by atoms with Crippen LogP contribution in [0, 0.1) is 6.92 Å². The Bertz CT molecular complexity index is 879. The molecule has 3 aromatic rings. The van der Waals surface area contributed by atoms with E-state index >= 15 is 0 Å². The van der Waals surface area contributed by atoms with E-state index in [4.69, 9.17) is 16.3 Å². The lowest BCUT2D eigenvalue weighted by atomic mass is 10.1. The van der Waals surface area contributed by atoms with Crippen LogP contribution in [0.3, 0.4) is 0 Å². The SMILES string of the molecule is CCn1c(SCc2cc(C)ccc2OC)nnc1-c1cccc(Cl)c1. The zero-order valence-corrected chi connectivity index (χ0v) is 16.1. The van der Waals surface area contributed by atoms with E-state index in [0.29, 0.717) is 5.02 Å². The molecule has 0 atom stereocenters. The van der Waals surface area contributed by atoms with Gasteiger partial charge >= 0.3 is 0 Å². The highest BCUT2D eigenvalue weighted by molar-refractivity contribution is 7.98. The third-order valence-corrected chi connectivity index (χ3v) is 5.16. The summed E-state index contributed by atoms with van der Waals surface area (Å²) in [7, 11) is 1.70. The van der Waals surface area contributed by atoms with Crippen molar-refractivity contribution in [1.82, 2.24) is 14.8 Å². The number of ether oxygens (including phenoxy) is 1. The molecule has 3 rings (SSSR count). The number of aryl methyl sites for hydroxylation is 1. The van der Waals surface area contributed by atoms with Crippen LogP contribution in [0.2, 0.25) is 5.02 Å². The van der Waals surface area contributed by atoms with Crippen molar-refractivity contribution in [1.29, 1.82) is 0 Å². The van der Waals surface area contributed by atoms with Crippen molar-refractivity contribution in [2.24, 2.45) is 0 Å². The van der Waals surface area contributed by atoms with Gasteiger partial charge in [-0.25, -0.2) is 0 Å². The molecule has 0 amide bonds. The van der Waals surface area contributed by atoms with Crippen molar-refractivity contribution in [3.8, 4) is 17.1 Å². The maximum absolute atomic E-state index is 6.11. The Morgan fingerprint density at radius 2 is 2.00 bits per heavy atom. The molecule has 0 saturated carbocycles. The first kappa shape index (κ1) is 17.8. The van der Waals surface area contributed by atoms with Crippen molar-refractivity contribution < 1.29 is 4.74 Å². The van der Waals surface area contributed by atoms with E-state index in [2.05, 4.69) is 40.7 Å². The van der Waals surface area contributed by atoms with Gasteiger partial charge in [-0.2, -0.15) is 0 Å². The number of hydrogen-bond donors (Lipinski definition) is 0. The number of hydrogen-bond acceptors (Lipinski definition) is 4. The molecule has 0 N–H and O–H groups in total. The molecule has 2 aromatic carbocycles. The van der Waals surface area contributed by atoms with Crippen LogP contribution in [-0.2, 0) is 12.3 Å². The maximum atomic E-state index is 6.11. The van der Waals surface area contributed by atoms with E-state index < -0.39 is 0 Å². The summed E-state index contributed by atoms with van der Waals surface area (Å²) in [5, 5.41) is 10.3. The van der Waals surface area contributed by atoms with Crippen molar-refractivity contribution in [3.63, 3.8) is 0 Å². The van der Waals surface area contributed by atoms with Crippen molar-refractivity contribution in [3.05, 3.63) is 58.6 Å². The van der Waals surface area contributed by atoms with Crippen molar-refractivity contribution >= 4 is 23.4 Å². The molecule has 6 heteroatoms. The second-order valence-electron chi connectivity index (χ2n) is 5.66. The van der Waals surface area contributed by atoms with Crippen LogP contribution in [0.5, 0.6) is 5.75 Å². The first-order valence-corrected chi connectivity index (χ1v) is 9.44. The van der Waals surface area contributed by atoms with Gasteiger partial charge in [0.25, 0.3) is 0 Å². The van der Waals surface area contributed by atoms with Gasteiger partial charge < -0.3 is 9.30 Å². The van der Waals surface area contributed by atoms with Gasteiger partial charge in [-0.1, -0.05) is 53.2 Å². The maximum Gasteiger partial charge on any atom is 0.191 e. The number of rotatable bonds is 6. The Morgan fingerprint density at radius 3 is 2.72 bits per heavy atom. The summed E-state index contributed by atoms with van der Waals surface area (Å²) in [6, 6.07) is 13.9. The Hall–Kier alpha value is -1.98. The van der Waals surface area contributed by atoms with E-state index in [-0.39, 0.29) is 0 Å². The van der Waals surface area contributed by atoms with Crippen LogP contribution >= 0.6 is 23.4 Å². The second kappa shape index (κ2) is 7.93. The molecule has 0 spiro atoms. The minimum absolute atomic E-state index is 0.696. The predicted molar refractivity (Wildman–Crippen MR) is 103 cm³/mol. The minimum Gasteiger partial charge on any atom is -0.496 e. The summed E-state index contributed by atoms with van der Waals surface area (Å²) in [6.45, 7) is 4.97. The van der Waals surface area contributed by atoms with E-state index in [1.807, 2.05) is 30.3 Å². The summed E-state index contributed by atoms with van der Waals surface area (Å²) < 4.78 is 7.57. The van der Waals surface area contributed by atoms with Gasteiger partial charge in [0.15, 0.2) is 11.0 Å².